The number of nitrogens with zero attached hydrogens (tertiary/aromatic N) is 3. The van der Waals surface area contributed by atoms with Crippen LogP contribution in [0.15, 0.2) is 82.3 Å². The van der Waals surface area contributed by atoms with Crippen molar-refractivity contribution in [3.63, 3.8) is 0 Å². The van der Waals surface area contributed by atoms with Gasteiger partial charge in [-0.05, 0) is 68.7 Å². The third-order valence-corrected chi connectivity index (χ3v) is 12.4. The van der Waals surface area contributed by atoms with E-state index in [1.54, 1.807) is 48.8 Å². The van der Waals surface area contributed by atoms with Crippen LogP contribution >= 0.6 is 0 Å². The Labute approximate surface area is 386 Å². The molecule has 3 N–H and O–H groups in total. The van der Waals surface area contributed by atoms with E-state index in [1.165, 1.54) is 30.3 Å². The summed E-state index contributed by atoms with van der Waals surface area (Å²) < 4.78 is 94.7. The van der Waals surface area contributed by atoms with E-state index in [0.717, 1.165) is 12.0 Å². The van der Waals surface area contributed by atoms with Crippen molar-refractivity contribution in [2.75, 3.05) is 24.2 Å². The molecule has 0 aromatic heterocycles. The zero-order valence-electron chi connectivity index (χ0n) is 33.5. The van der Waals surface area contributed by atoms with Gasteiger partial charge in [-0.1, -0.05) is 38.5 Å². The molecule has 1 radical (unpaired) electrons. The summed E-state index contributed by atoms with van der Waals surface area (Å²) in [6.45, 7) is 7.41. The molecule has 2 aromatic rings. The fraction of sp³-hybridized carbons (Fsp3) is 0.395. The molecule has 0 unspecified atom stereocenters. The molecule has 0 atom stereocenters. The Morgan fingerprint density at radius 2 is 1.42 bits per heavy atom. The number of allylic oxidation sites excluding steroid dienone is 6. The van der Waals surface area contributed by atoms with Gasteiger partial charge in [-0.25, -0.2) is 17.9 Å². The van der Waals surface area contributed by atoms with Gasteiger partial charge in [-0.15, -0.1) is 5.06 Å². The molecule has 3 aliphatic rings. The fourth-order valence-electron chi connectivity index (χ4n) is 7.30. The molecule has 1 saturated heterocycles. The number of amides is 3. The van der Waals surface area contributed by atoms with Gasteiger partial charge in [0.2, 0.25) is 22.3 Å². The molecule has 1 fully saturated rings. The fourth-order valence-corrected chi connectivity index (χ4v) is 8.79. The van der Waals surface area contributed by atoms with Crippen molar-refractivity contribution >= 4 is 122 Å². The largest absolute Gasteiger partial charge is 0.344 e. The number of nitrogens with one attached hydrogen (secondary N) is 1. The SMILES string of the molecule is CC1(C)C(\C=C/C=C\C=C2\N(CCCCCC(=O)ON3C(=O)CCC3=O)c3ccc(S(=O)(=O)O)cc3C2(C)C)=[N+](CC(=O)NS(C)(=O)=O)c2ccc(S(=O)(=O)O)cc21.[K]. The minimum absolute atomic E-state index is 0. The molecule has 0 aliphatic carbocycles. The Morgan fingerprint density at radius 1 is 0.831 bits per heavy atom. The zero-order chi connectivity index (χ0) is 43.0. The van der Waals surface area contributed by atoms with Gasteiger partial charge >= 0.3 is 5.97 Å². The Hall–Kier alpha value is -3.38. The van der Waals surface area contributed by atoms with Crippen LogP contribution in [0.4, 0.5) is 11.4 Å². The van der Waals surface area contributed by atoms with Gasteiger partial charge in [-0.3, -0.25) is 23.5 Å². The normalized spacial score (nSPS) is 18.2. The minimum Gasteiger partial charge on any atom is -0.344 e. The molecule has 3 amide bonds. The summed E-state index contributed by atoms with van der Waals surface area (Å²) in [6, 6.07) is 8.28. The maximum atomic E-state index is 12.8. The van der Waals surface area contributed by atoms with Crippen LogP contribution in [-0.4, -0.2) is 144 Å². The van der Waals surface area contributed by atoms with Crippen LogP contribution in [0.1, 0.15) is 77.3 Å². The summed E-state index contributed by atoms with van der Waals surface area (Å²) in [5.41, 5.74) is 1.91. The molecular formula is C38H45KN4O13S3+. The van der Waals surface area contributed by atoms with Gasteiger partial charge in [0.1, 0.15) is 0 Å². The van der Waals surface area contributed by atoms with Gasteiger partial charge < -0.3 is 9.74 Å². The van der Waals surface area contributed by atoms with Crippen LogP contribution in [0.5, 0.6) is 0 Å². The summed E-state index contributed by atoms with van der Waals surface area (Å²) in [5, 5.41) is 0.511. The minimum atomic E-state index is -4.56. The van der Waals surface area contributed by atoms with E-state index in [-0.39, 0.29) is 80.4 Å². The van der Waals surface area contributed by atoms with Crippen molar-refractivity contribution in [3.8, 4) is 0 Å². The maximum Gasteiger partial charge on any atom is 0.333 e. The standard InChI is InChI=1S/C38H44N4O13S3.K/c1-37(2)27-22-25(57(49,50)51)15-17-29(27)40(21-11-7-10-14-36(46)55-42-34(44)19-20-35(42)45)31(37)12-8-6-9-13-32-38(3,4)28-23-26(58(52,53)54)16-18-30(28)41(32)24-33(43)39-56(5,47)48;/h6,8-9,12-13,15-18,22-23H,7,10-11,14,19-21,24H2,1-5H3,(H2-,39,43,49,50,51,52,53,54);/p+1. The molecule has 59 heavy (non-hydrogen) atoms. The van der Waals surface area contributed by atoms with Crippen LogP contribution in [0.25, 0.3) is 0 Å². The van der Waals surface area contributed by atoms with Crippen LogP contribution in [0.3, 0.4) is 0 Å². The van der Waals surface area contributed by atoms with Gasteiger partial charge in [0, 0.05) is 112 Å². The van der Waals surface area contributed by atoms with Gasteiger partial charge in [0.25, 0.3) is 38.0 Å². The first-order valence-electron chi connectivity index (χ1n) is 18.1. The van der Waals surface area contributed by atoms with Crippen molar-refractivity contribution in [2.45, 2.75) is 86.8 Å². The molecule has 2 aromatic carbocycles. The number of anilines is 1. The Bertz CT molecular complexity index is 2530. The van der Waals surface area contributed by atoms with Crippen molar-refractivity contribution in [2.24, 2.45) is 0 Å². The second-order valence-electron chi connectivity index (χ2n) is 15.1. The first kappa shape index (κ1) is 48.3. The molecule has 17 nitrogen and oxygen atoms in total. The molecule has 0 saturated carbocycles. The number of unbranched alkanes of at least 4 members (excludes halogenated alkanes) is 2. The number of hydroxylamine groups is 2. The van der Waals surface area contributed by atoms with Crippen molar-refractivity contribution in [1.29, 1.82) is 0 Å². The summed E-state index contributed by atoms with van der Waals surface area (Å²) in [4.78, 5) is 55.0. The number of imide groups is 1. The number of hydrogen-bond donors (Lipinski definition) is 3. The predicted octanol–water partition coefficient (Wildman–Crippen LogP) is 3.21. The Morgan fingerprint density at radius 3 is 2.02 bits per heavy atom. The number of rotatable bonds is 15. The third kappa shape index (κ3) is 11.1. The number of sulfonamides is 1. The molecule has 21 heteroatoms. The zero-order valence-corrected chi connectivity index (χ0v) is 39.0. The van der Waals surface area contributed by atoms with E-state index in [1.807, 2.05) is 29.5 Å². The van der Waals surface area contributed by atoms with E-state index in [0.29, 0.717) is 59.1 Å². The summed E-state index contributed by atoms with van der Waals surface area (Å²) in [7, 11) is -12.9. The topological polar surface area (TPSA) is 242 Å². The number of hydrogen-bond acceptors (Lipinski definition) is 12. The molecule has 0 spiro atoms. The van der Waals surface area contributed by atoms with Gasteiger partial charge in [-0.2, -0.15) is 21.4 Å². The second-order valence-corrected chi connectivity index (χ2v) is 19.7. The van der Waals surface area contributed by atoms with Crippen molar-refractivity contribution < 1.29 is 63.0 Å². The van der Waals surface area contributed by atoms with Gasteiger partial charge in [0.15, 0.2) is 5.71 Å². The molecule has 313 valence electrons. The van der Waals surface area contributed by atoms with Crippen LogP contribution in [0.2, 0.25) is 0 Å². The monoisotopic (exact) mass is 900 g/mol. The van der Waals surface area contributed by atoms with E-state index < -0.39 is 71.3 Å². The molecule has 3 heterocycles. The molecule has 5 rings (SSSR count). The smallest absolute Gasteiger partial charge is 0.333 e. The third-order valence-electron chi connectivity index (χ3n) is 10.1. The summed E-state index contributed by atoms with van der Waals surface area (Å²) >= 11 is 0. The average Bonchev–Trinajstić information content (AvgIpc) is 3.61. The maximum absolute atomic E-state index is 12.8. The van der Waals surface area contributed by atoms with E-state index in [9.17, 15) is 53.5 Å². The Balaban J connectivity index is 0.00000769. The molecule has 3 aliphatic heterocycles. The molecular weight excluding hydrogens is 856 g/mol. The number of benzene rings is 2. The summed E-state index contributed by atoms with van der Waals surface area (Å²) in [5.74, 6) is -2.64. The second kappa shape index (κ2) is 18.3. The van der Waals surface area contributed by atoms with Crippen LogP contribution in [0, 0.1) is 0 Å². The van der Waals surface area contributed by atoms with E-state index >= 15 is 0 Å². The van der Waals surface area contributed by atoms with Gasteiger partial charge in [0.05, 0.1) is 21.5 Å². The van der Waals surface area contributed by atoms with Crippen LogP contribution < -0.4 is 9.62 Å². The summed E-state index contributed by atoms with van der Waals surface area (Å²) in [6.07, 6.45) is 11.1. The van der Waals surface area contributed by atoms with Crippen molar-refractivity contribution in [1.82, 2.24) is 9.79 Å². The average molecular weight is 901 g/mol. The van der Waals surface area contributed by atoms with Crippen LogP contribution in [-0.2, 0) is 65.1 Å². The quantitative estimate of drug-likeness (QED) is 0.0581. The predicted molar refractivity (Wildman–Crippen MR) is 216 cm³/mol. The van der Waals surface area contributed by atoms with E-state index in [4.69, 9.17) is 4.84 Å². The van der Waals surface area contributed by atoms with E-state index in [2.05, 4.69) is 0 Å². The number of carbonyl (C=O) groups excluding carboxylic acids is 4. The van der Waals surface area contributed by atoms with Crippen molar-refractivity contribution in [3.05, 3.63) is 83.6 Å². The molecule has 0 bridgehead atoms. The number of carbonyl (C=O) groups is 4. The number of fused-ring (bicyclic) bond motifs is 2. The first-order valence-corrected chi connectivity index (χ1v) is 22.9. The Kier molecular flexibility index (Phi) is 15.0. The first-order chi connectivity index (χ1) is 26.8.